The molecule has 4 nitrogen and oxygen atoms in total. The molecule has 2 rings (SSSR count). The van der Waals surface area contributed by atoms with E-state index < -0.39 is 16.6 Å². The van der Waals surface area contributed by atoms with Crippen LogP contribution in [0, 0.1) is 0 Å². The quantitative estimate of drug-likeness (QED) is 0.557. The molecule has 102 valence electrons. The lowest BCUT2D eigenvalue weighted by Crippen LogP contribution is -2.42. The lowest BCUT2D eigenvalue weighted by Gasteiger charge is -2.25. The fourth-order valence-electron chi connectivity index (χ4n) is 2.19. The summed E-state index contributed by atoms with van der Waals surface area (Å²) in [4.78, 5) is 27.1. The van der Waals surface area contributed by atoms with E-state index in [1.54, 1.807) is 6.21 Å². The second-order valence-corrected chi connectivity index (χ2v) is 4.88. The molecule has 0 saturated carbocycles. The number of ether oxygens (including phenoxy) is 1. The summed E-state index contributed by atoms with van der Waals surface area (Å²) in [7, 11) is 0. The molecule has 0 amide bonds. The third-order valence-electron chi connectivity index (χ3n) is 3.29. The molecule has 0 bridgehead atoms. The Kier molecular flexibility index (Phi) is 4.10. The number of allylic oxidation sites excluding steroid dienone is 1. The minimum atomic E-state index is -1.04. The summed E-state index contributed by atoms with van der Waals surface area (Å²) in [5.74, 6) is 0. The Balaban J connectivity index is 2.26. The van der Waals surface area contributed by atoms with Gasteiger partial charge in [-0.05, 0) is 24.5 Å². The van der Waals surface area contributed by atoms with Crippen molar-refractivity contribution in [1.82, 2.24) is 0 Å². The molecule has 1 aromatic rings. The molecular formula is C15H19NO3. The summed E-state index contributed by atoms with van der Waals surface area (Å²) < 4.78 is 5.81. The first-order valence-corrected chi connectivity index (χ1v) is 6.84. The molecule has 1 unspecified atom stereocenters. The van der Waals surface area contributed by atoms with E-state index in [1.165, 1.54) is 6.07 Å². The van der Waals surface area contributed by atoms with E-state index in [1.807, 2.05) is 6.08 Å². The van der Waals surface area contributed by atoms with Crippen molar-refractivity contribution in [2.24, 2.45) is 4.99 Å². The van der Waals surface area contributed by atoms with Crippen molar-refractivity contribution in [3.05, 3.63) is 43.7 Å². The predicted molar refractivity (Wildman–Crippen MR) is 75.4 cm³/mol. The Labute approximate surface area is 112 Å². The number of hydrogen-bond donors (Lipinski definition) is 0. The van der Waals surface area contributed by atoms with Crippen LogP contribution in [-0.4, -0.2) is 12.8 Å². The topological polar surface area (TPSA) is 55.7 Å². The maximum Gasteiger partial charge on any atom is 0.234 e. The Morgan fingerprint density at radius 1 is 1.26 bits per heavy atom. The summed E-state index contributed by atoms with van der Waals surface area (Å²) in [6.45, 7) is 4.69. The van der Waals surface area contributed by atoms with E-state index in [2.05, 4.69) is 18.8 Å². The van der Waals surface area contributed by atoms with Crippen molar-refractivity contribution in [1.29, 1.82) is 0 Å². The van der Waals surface area contributed by atoms with Gasteiger partial charge in [-0.1, -0.05) is 26.7 Å². The van der Waals surface area contributed by atoms with E-state index in [0.717, 1.165) is 31.3 Å². The SMILES string of the molecule is CCCCOC1(c2cc(=O)c2=O)C=C(CCC)C=N1. The number of nitrogens with zero attached hydrogens (tertiary/aromatic N) is 1. The van der Waals surface area contributed by atoms with Crippen LogP contribution in [-0.2, 0) is 10.5 Å². The average Bonchev–Trinajstić information content (AvgIpc) is 2.80. The fourth-order valence-corrected chi connectivity index (χ4v) is 2.19. The van der Waals surface area contributed by atoms with Crippen molar-refractivity contribution < 1.29 is 4.74 Å². The summed E-state index contributed by atoms with van der Waals surface area (Å²) in [5.41, 5.74) is -0.531. The lowest BCUT2D eigenvalue weighted by atomic mass is 9.97. The van der Waals surface area contributed by atoms with Gasteiger partial charge in [-0.3, -0.25) is 9.59 Å². The van der Waals surface area contributed by atoms with Crippen molar-refractivity contribution in [2.45, 2.75) is 45.3 Å². The summed E-state index contributed by atoms with van der Waals surface area (Å²) >= 11 is 0. The first-order valence-electron chi connectivity index (χ1n) is 6.84. The summed E-state index contributed by atoms with van der Waals surface area (Å²) in [6, 6.07) is 1.34. The molecule has 0 saturated heterocycles. The zero-order valence-electron chi connectivity index (χ0n) is 11.4. The maximum atomic E-state index is 11.7. The normalized spacial score (nSPS) is 22.1. The second-order valence-electron chi connectivity index (χ2n) is 4.88. The molecule has 1 aliphatic rings. The summed E-state index contributed by atoms with van der Waals surface area (Å²) in [5, 5.41) is 0. The highest BCUT2D eigenvalue weighted by molar-refractivity contribution is 5.82. The molecule has 0 fully saturated rings. The van der Waals surface area contributed by atoms with Crippen molar-refractivity contribution in [3.63, 3.8) is 0 Å². The number of aliphatic imine (C=N–C) groups is 1. The molecule has 0 radical (unpaired) electrons. The van der Waals surface area contributed by atoms with Crippen molar-refractivity contribution >= 4 is 6.21 Å². The predicted octanol–water partition coefficient (Wildman–Crippen LogP) is 2.06. The molecule has 1 aliphatic heterocycles. The van der Waals surface area contributed by atoms with Gasteiger partial charge in [0.05, 0.1) is 12.2 Å². The molecule has 0 aliphatic carbocycles. The Bertz CT molecular complexity index is 578. The van der Waals surface area contributed by atoms with Crippen LogP contribution in [0.15, 0.2) is 32.3 Å². The van der Waals surface area contributed by atoms with Crippen LogP contribution >= 0.6 is 0 Å². The van der Waals surface area contributed by atoms with Gasteiger partial charge in [-0.25, -0.2) is 4.99 Å². The van der Waals surface area contributed by atoms with E-state index in [4.69, 9.17) is 4.74 Å². The Morgan fingerprint density at radius 2 is 2.05 bits per heavy atom. The molecule has 19 heavy (non-hydrogen) atoms. The van der Waals surface area contributed by atoms with Crippen LogP contribution in [0.5, 0.6) is 0 Å². The standard InChI is InChI=1S/C15H19NO3/c1-3-5-7-19-15(12-8-13(17)14(12)18)9-11(6-4-2)10-16-15/h8-10H,3-7H2,1-2H3. The molecule has 1 heterocycles. The second kappa shape index (κ2) is 5.61. The van der Waals surface area contributed by atoms with E-state index in [0.29, 0.717) is 12.2 Å². The van der Waals surface area contributed by atoms with Crippen LogP contribution in [0.3, 0.4) is 0 Å². The minimum Gasteiger partial charge on any atom is -0.346 e. The smallest absolute Gasteiger partial charge is 0.234 e. The van der Waals surface area contributed by atoms with Crippen LogP contribution < -0.4 is 10.9 Å². The molecule has 0 aromatic heterocycles. The monoisotopic (exact) mass is 261 g/mol. The van der Waals surface area contributed by atoms with Gasteiger partial charge in [0, 0.05) is 12.3 Å². The third kappa shape index (κ3) is 2.59. The van der Waals surface area contributed by atoms with Crippen LogP contribution in [0.1, 0.15) is 45.1 Å². The Morgan fingerprint density at radius 3 is 2.63 bits per heavy atom. The molecular weight excluding hydrogens is 242 g/mol. The van der Waals surface area contributed by atoms with E-state index in [9.17, 15) is 9.59 Å². The van der Waals surface area contributed by atoms with Gasteiger partial charge in [-0.2, -0.15) is 0 Å². The number of rotatable bonds is 7. The largest absolute Gasteiger partial charge is 0.346 e. The van der Waals surface area contributed by atoms with E-state index >= 15 is 0 Å². The van der Waals surface area contributed by atoms with Gasteiger partial charge in [0.2, 0.25) is 16.6 Å². The number of unbranched alkanes of at least 4 members (excludes halogenated alkanes) is 1. The van der Waals surface area contributed by atoms with Crippen LogP contribution in [0.4, 0.5) is 0 Å². The molecule has 4 heteroatoms. The van der Waals surface area contributed by atoms with Gasteiger partial charge in [0.1, 0.15) is 0 Å². The molecule has 0 N–H and O–H groups in total. The Hall–Kier alpha value is -1.55. The van der Waals surface area contributed by atoms with Crippen molar-refractivity contribution in [2.75, 3.05) is 6.61 Å². The first-order chi connectivity index (χ1) is 9.13. The third-order valence-corrected chi connectivity index (χ3v) is 3.29. The highest BCUT2D eigenvalue weighted by atomic mass is 16.5. The zero-order valence-corrected chi connectivity index (χ0v) is 11.4. The van der Waals surface area contributed by atoms with Gasteiger partial charge in [-0.15, -0.1) is 0 Å². The van der Waals surface area contributed by atoms with Crippen LogP contribution in [0.2, 0.25) is 0 Å². The minimum absolute atomic E-state index is 0.371. The summed E-state index contributed by atoms with van der Waals surface area (Å²) in [6.07, 6.45) is 7.46. The molecule has 1 atom stereocenters. The highest BCUT2D eigenvalue weighted by Crippen LogP contribution is 2.33. The molecule has 0 spiro atoms. The van der Waals surface area contributed by atoms with Gasteiger partial charge >= 0.3 is 0 Å². The van der Waals surface area contributed by atoms with Gasteiger partial charge in [0.25, 0.3) is 0 Å². The van der Waals surface area contributed by atoms with E-state index in [-0.39, 0.29) is 0 Å². The van der Waals surface area contributed by atoms with Crippen LogP contribution in [0.25, 0.3) is 0 Å². The maximum absolute atomic E-state index is 11.7. The molecule has 1 aromatic carbocycles. The zero-order chi connectivity index (χ0) is 13.9. The fraction of sp³-hybridized carbons (Fsp3) is 0.533. The van der Waals surface area contributed by atoms with Crippen molar-refractivity contribution in [3.8, 4) is 0 Å². The van der Waals surface area contributed by atoms with Gasteiger partial charge < -0.3 is 4.74 Å². The lowest BCUT2D eigenvalue weighted by molar-refractivity contribution is -0.00660. The first kappa shape index (κ1) is 13.9. The average molecular weight is 261 g/mol. The van der Waals surface area contributed by atoms with Gasteiger partial charge in [0.15, 0.2) is 0 Å². The number of hydrogen-bond acceptors (Lipinski definition) is 4. The highest BCUT2D eigenvalue weighted by Gasteiger charge is 2.38.